The van der Waals surface area contributed by atoms with Gasteiger partial charge in [-0.2, -0.15) is 0 Å². The molecule has 1 amide bonds. The average Bonchev–Trinajstić information content (AvgIpc) is 3.12. The van der Waals surface area contributed by atoms with Crippen LogP contribution in [0.1, 0.15) is 15.9 Å². The number of hydrogen-bond acceptors (Lipinski definition) is 4. The van der Waals surface area contributed by atoms with E-state index in [2.05, 4.69) is 10.3 Å². The zero-order valence-electron chi connectivity index (χ0n) is 15.6. The van der Waals surface area contributed by atoms with Crippen LogP contribution < -0.4 is 10.1 Å². The van der Waals surface area contributed by atoms with Crippen molar-refractivity contribution in [2.75, 3.05) is 12.4 Å². The number of nitrogens with one attached hydrogen (secondary N) is 1. The Labute approximate surface area is 177 Å². The van der Waals surface area contributed by atoms with Crippen LogP contribution in [0.5, 0.6) is 5.75 Å². The molecule has 3 aromatic carbocycles. The third kappa shape index (κ3) is 3.92. The number of oxazole rings is 1. The van der Waals surface area contributed by atoms with Gasteiger partial charge in [0.15, 0.2) is 5.58 Å². The summed E-state index contributed by atoms with van der Waals surface area (Å²) in [6, 6.07) is 15.8. The molecule has 4 aromatic rings. The fourth-order valence-corrected chi connectivity index (χ4v) is 3.29. The molecule has 1 N–H and O–H groups in total. The maximum atomic E-state index is 12.8. The average molecular weight is 427 g/mol. The lowest BCUT2D eigenvalue weighted by Gasteiger charge is -2.11. The predicted molar refractivity (Wildman–Crippen MR) is 115 cm³/mol. The molecule has 0 atom stereocenters. The second kappa shape index (κ2) is 7.78. The SMILES string of the molecule is COc1ccc(Cl)cc1C(=O)Nc1cc(-c2nc3ccc(C)cc3o2)ccc1Cl. The van der Waals surface area contributed by atoms with Crippen molar-refractivity contribution in [3.8, 4) is 17.2 Å². The zero-order chi connectivity index (χ0) is 20.5. The largest absolute Gasteiger partial charge is 0.496 e. The van der Waals surface area contributed by atoms with E-state index in [4.69, 9.17) is 32.4 Å². The van der Waals surface area contributed by atoms with Gasteiger partial charge in [-0.3, -0.25) is 4.79 Å². The number of carbonyl (C=O) groups excluding carboxylic acids is 1. The Bertz CT molecular complexity index is 1230. The van der Waals surface area contributed by atoms with Gasteiger partial charge in [0.25, 0.3) is 5.91 Å². The summed E-state index contributed by atoms with van der Waals surface area (Å²) in [5, 5.41) is 3.62. The highest BCUT2D eigenvalue weighted by Crippen LogP contribution is 2.32. The fourth-order valence-electron chi connectivity index (χ4n) is 2.96. The molecule has 1 heterocycles. The number of halogens is 2. The number of benzene rings is 3. The monoisotopic (exact) mass is 426 g/mol. The van der Waals surface area contributed by atoms with Crippen molar-refractivity contribution < 1.29 is 13.9 Å². The summed E-state index contributed by atoms with van der Waals surface area (Å²) < 4.78 is 11.1. The summed E-state index contributed by atoms with van der Waals surface area (Å²) >= 11 is 12.3. The molecule has 0 unspecified atom stereocenters. The third-order valence-corrected chi connectivity index (χ3v) is 4.98. The summed E-state index contributed by atoms with van der Waals surface area (Å²) in [5.74, 6) is 0.461. The molecular weight excluding hydrogens is 411 g/mol. The van der Waals surface area contributed by atoms with Gasteiger partial charge >= 0.3 is 0 Å². The van der Waals surface area contributed by atoms with Gasteiger partial charge in [0.1, 0.15) is 11.3 Å². The smallest absolute Gasteiger partial charge is 0.259 e. The molecule has 4 rings (SSSR count). The molecule has 0 saturated carbocycles. The number of aromatic nitrogens is 1. The van der Waals surface area contributed by atoms with Crippen molar-refractivity contribution in [2.24, 2.45) is 0 Å². The van der Waals surface area contributed by atoms with Crippen molar-refractivity contribution in [1.82, 2.24) is 4.98 Å². The van der Waals surface area contributed by atoms with E-state index in [1.54, 1.807) is 30.3 Å². The van der Waals surface area contributed by atoms with Gasteiger partial charge in [-0.15, -0.1) is 0 Å². The Kier molecular flexibility index (Phi) is 5.18. The number of rotatable bonds is 4. The molecule has 1 aromatic heterocycles. The second-order valence-electron chi connectivity index (χ2n) is 6.48. The number of anilines is 1. The summed E-state index contributed by atoms with van der Waals surface area (Å²) in [6.45, 7) is 1.99. The minimum Gasteiger partial charge on any atom is -0.496 e. The Morgan fingerprint density at radius 3 is 2.69 bits per heavy atom. The number of amides is 1. The Morgan fingerprint density at radius 2 is 1.90 bits per heavy atom. The quantitative estimate of drug-likeness (QED) is 0.411. The highest BCUT2D eigenvalue weighted by atomic mass is 35.5. The molecular formula is C22H16Cl2N2O3. The number of nitrogens with zero attached hydrogens (tertiary/aromatic N) is 1. The van der Waals surface area contributed by atoms with Crippen LogP contribution in [0.25, 0.3) is 22.6 Å². The number of fused-ring (bicyclic) bond motifs is 1. The number of carbonyl (C=O) groups is 1. The number of hydrogen-bond donors (Lipinski definition) is 1. The van der Waals surface area contributed by atoms with Crippen LogP contribution in [-0.4, -0.2) is 18.0 Å². The van der Waals surface area contributed by atoms with Crippen LogP contribution in [-0.2, 0) is 0 Å². The molecule has 29 heavy (non-hydrogen) atoms. The van der Waals surface area contributed by atoms with Crippen molar-refractivity contribution in [2.45, 2.75) is 6.92 Å². The van der Waals surface area contributed by atoms with Crippen molar-refractivity contribution in [1.29, 1.82) is 0 Å². The normalized spacial score (nSPS) is 10.9. The maximum absolute atomic E-state index is 12.8. The van der Waals surface area contributed by atoms with Gasteiger partial charge in [-0.25, -0.2) is 4.98 Å². The standard InChI is InChI=1S/C22H16Cl2N2O3/c1-12-3-7-17-20(9-12)29-22(26-17)13-4-6-16(24)18(10-13)25-21(27)15-11-14(23)5-8-19(15)28-2/h3-11H,1-2H3,(H,25,27). The molecule has 5 nitrogen and oxygen atoms in total. The predicted octanol–water partition coefficient (Wildman–Crippen LogP) is 6.37. The topological polar surface area (TPSA) is 64.4 Å². The van der Waals surface area contributed by atoms with E-state index in [9.17, 15) is 4.79 Å². The first-order valence-electron chi connectivity index (χ1n) is 8.76. The van der Waals surface area contributed by atoms with Gasteiger partial charge in [-0.05, 0) is 61.0 Å². The minimum atomic E-state index is -0.392. The summed E-state index contributed by atoms with van der Waals surface area (Å²) in [7, 11) is 1.49. The lowest BCUT2D eigenvalue weighted by molar-refractivity contribution is 0.102. The zero-order valence-corrected chi connectivity index (χ0v) is 17.1. The van der Waals surface area contributed by atoms with Crippen LogP contribution in [0.4, 0.5) is 5.69 Å². The van der Waals surface area contributed by atoms with E-state index in [1.165, 1.54) is 13.2 Å². The molecule has 146 valence electrons. The van der Waals surface area contributed by atoms with Crippen molar-refractivity contribution in [3.63, 3.8) is 0 Å². The van der Waals surface area contributed by atoms with Crippen LogP contribution in [0.3, 0.4) is 0 Å². The van der Waals surface area contributed by atoms with Crippen LogP contribution in [0.15, 0.2) is 59.0 Å². The first-order chi connectivity index (χ1) is 13.9. The molecule has 0 aliphatic carbocycles. The Morgan fingerprint density at radius 1 is 1.07 bits per heavy atom. The van der Waals surface area contributed by atoms with E-state index < -0.39 is 5.91 Å². The molecule has 0 saturated heterocycles. The number of aryl methyl sites for hydroxylation is 1. The van der Waals surface area contributed by atoms with Gasteiger partial charge in [-0.1, -0.05) is 29.3 Å². The van der Waals surface area contributed by atoms with E-state index in [1.807, 2.05) is 25.1 Å². The van der Waals surface area contributed by atoms with E-state index in [0.29, 0.717) is 44.1 Å². The molecule has 0 aliphatic rings. The summed E-state index contributed by atoms with van der Waals surface area (Å²) in [4.78, 5) is 17.3. The summed E-state index contributed by atoms with van der Waals surface area (Å²) in [5.41, 5.74) is 3.96. The van der Waals surface area contributed by atoms with E-state index in [0.717, 1.165) is 11.1 Å². The van der Waals surface area contributed by atoms with Gasteiger partial charge in [0, 0.05) is 10.6 Å². The fraction of sp³-hybridized carbons (Fsp3) is 0.0909. The first kappa shape index (κ1) is 19.3. The highest BCUT2D eigenvalue weighted by molar-refractivity contribution is 6.34. The van der Waals surface area contributed by atoms with Gasteiger partial charge in [0.05, 0.1) is 23.4 Å². The number of ether oxygens (including phenoxy) is 1. The number of methoxy groups -OCH3 is 1. The van der Waals surface area contributed by atoms with Gasteiger partial charge in [0.2, 0.25) is 5.89 Å². The van der Waals surface area contributed by atoms with E-state index in [-0.39, 0.29) is 0 Å². The van der Waals surface area contributed by atoms with Crippen LogP contribution >= 0.6 is 23.2 Å². The summed E-state index contributed by atoms with van der Waals surface area (Å²) in [6.07, 6.45) is 0. The van der Waals surface area contributed by atoms with Crippen LogP contribution in [0, 0.1) is 6.92 Å². The third-order valence-electron chi connectivity index (χ3n) is 4.41. The molecule has 0 aliphatic heterocycles. The molecule has 0 bridgehead atoms. The second-order valence-corrected chi connectivity index (χ2v) is 7.33. The molecule has 0 fully saturated rings. The Balaban J connectivity index is 1.68. The molecule has 0 radical (unpaired) electrons. The van der Waals surface area contributed by atoms with Crippen LogP contribution in [0.2, 0.25) is 10.0 Å². The maximum Gasteiger partial charge on any atom is 0.259 e. The van der Waals surface area contributed by atoms with Gasteiger partial charge < -0.3 is 14.5 Å². The lowest BCUT2D eigenvalue weighted by atomic mass is 10.1. The van der Waals surface area contributed by atoms with E-state index >= 15 is 0 Å². The minimum absolute atomic E-state index is 0.304. The highest BCUT2D eigenvalue weighted by Gasteiger charge is 2.16. The molecule has 0 spiro atoms. The van der Waals surface area contributed by atoms with Crippen molar-refractivity contribution >= 4 is 45.9 Å². The molecule has 7 heteroatoms. The first-order valence-corrected chi connectivity index (χ1v) is 9.52. The van der Waals surface area contributed by atoms with Crippen molar-refractivity contribution in [3.05, 3.63) is 75.8 Å². The Hall–Kier alpha value is -3.02. The lowest BCUT2D eigenvalue weighted by Crippen LogP contribution is -2.13.